The molecule has 0 radical (unpaired) electrons. The molecule has 5 aromatic rings. The number of rotatable bonds is 7. The number of benzene rings is 3. The van der Waals surface area contributed by atoms with E-state index in [0.29, 0.717) is 11.7 Å². The highest BCUT2D eigenvalue weighted by Crippen LogP contribution is 2.39. The Hall–Kier alpha value is -4.01. The number of halogens is 1. The monoisotopic (exact) mass is 595 g/mol. The van der Waals surface area contributed by atoms with E-state index in [9.17, 15) is 4.79 Å². The van der Waals surface area contributed by atoms with E-state index < -0.39 is 0 Å². The molecule has 6 nitrogen and oxygen atoms in total. The molecule has 6 rings (SSSR count). The van der Waals surface area contributed by atoms with Crippen LogP contribution in [0, 0.1) is 0 Å². The van der Waals surface area contributed by atoms with E-state index in [4.69, 9.17) is 12.2 Å². The van der Waals surface area contributed by atoms with E-state index in [0.717, 1.165) is 38.0 Å². The van der Waals surface area contributed by atoms with Gasteiger partial charge in [-0.1, -0.05) is 58.4 Å². The van der Waals surface area contributed by atoms with Crippen LogP contribution in [0.2, 0.25) is 0 Å². The molecule has 1 saturated heterocycles. The lowest BCUT2D eigenvalue weighted by Gasteiger charge is -2.29. The zero-order valence-corrected chi connectivity index (χ0v) is 23.4. The normalized spacial score (nSPS) is 16.8. The molecule has 39 heavy (non-hydrogen) atoms. The van der Waals surface area contributed by atoms with Crippen molar-refractivity contribution in [2.45, 2.75) is 18.5 Å². The fraction of sp³-hybridized carbons (Fsp3) is 0.129. The van der Waals surface area contributed by atoms with Crippen molar-refractivity contribution in [1.29, 1.82) is 0 Å². The highest BCUT2D eigenvalue weighted by atomic mass is 79.9. The number of aromatic nitrogens is 2. The lowest BCUT2D eigenvalue weighted by atomic mass is 10.0. The Labute approximate surface area is 240 Å². The largest absolute Gasteiger partial charge is 0.352 e. The van der Waals surface area contributed by atoms with Crippen LogP contribution in [0.1, 0.15) is 29.9 Å². The van der Waals surface area contributed by atoms with Crippen molar-refractivity contribution in [1.82, 2.24) is 19.8 Å². The van der Waals surface area contributed by atoms with Crippen LogP contribution in [-0.4, -0.2) is 32.0 Å². The lowest BCUT2D eigenvalue weighted by molar-refractivity contribution is -0.116. The summed E-state index contributed by atoms with van der Waals surface area (Å²) in [5, 5.41) is 9.31. The van der Waals surface area contributed by atoms with Crippen molar-refractivity contribution in [3.05, 3.63) is 125 Å². The number of hydrogen-bond donors (Lipinski definition) is 2. The molecule has 1 aliphatic rings. The molecule has 2 atom stereocenters. The Bertz CT molecular complexity index is 1630. The molecule has 0 saturated carbocycles. The molecule has 0 bridgehead atoms. The third-order valence-electron chi connectivity index (χ3n) is 7.03. The quantitative estimate of drug-likeness (QED) is 0.203. The zero-order valence-electron chi connectivity index (χ0n) is 21.0. The van der Waals surface area contributed by atoms with E-state index in [1.165, 1.54) is 0 Å². The molecule has 1 fully saturated rings. The Kier molecular flexibility index (Phi) is 7.13. The number of fused-ring (bicyclic) bond motifs is 1. The molecule has 1 amide bonds. The van der Waals surface area contributed by atoms with E-state index in [1.807, 2.05) is 78.9 Å². The predicted octanol–water partition coefficient (Wildman–Crippen LogP) is 6.79. The summed E-state index contributed by atoms with van der Waals surface area (Å²) in [6.07, 6.45) is 4.14. The number of pyridine rings is 1. The molecule has 3 heterocycles. The van der Waals surface area contributed by atoms with Gasteiger partial charge in [-0.25, -0.2) is 0 Å². The van der Waals surface area contributed by atoms with Crippen molar-refractivity contribution < 1.29 is 4.79 Å². The summed E-state index contributed by atoms with van der Waals surface area (Å²) in [7, 11) is 0. The molecule has 2 N–H and O–H groups in total. The summed E-state index contributed by atoms with van der Waals surface area (Å²) < 4.78 is 3.19. The first-order valence-corrected chi connectivity index (χ1v) is 14.0. The van der Waals surface area contributed by atoms with Gasteiger partial charge in [-0.3, -0.25) is 9.78 Å². The van der Waals surface area contributed by atoms with Gasteiger partial charge < -0.3 is 20.1 Å². The van der Waals surface area contributed by atoms with Gasteiger partial charge in [0.1, 0.15) is 0 Å². The minimum Gasteiger partial charge on any atom is -0.352 e. The molecule has 0 spiro atoms. The minimum absolute atomic E-state index is 0.0579. The van der Waals surface area contributed by atoms with Crippen LogP contribution >= 0.6 is 28.1 Å². The van der Waals surface area contributed by atoms with Crippen LogP contribution in [0.3, 0.4) is 0 Å². The number of carbonyl (C=O) groups is 1. The van der Waals surface area contributed by atoms with Gasteiger partial charge in [0, 0.05) is 52.3 Å². The number of nitrogens with zero attached hydrogens (tertiary/aromatic N) is 3. The molecule has 3 aromatic carbocycles. The number of nitrogens with one attached hydrogen (secondary N) is 2. The zero-order chi connectivity index (χ0) is 26.8. The average Bonchev–Trinajstić information content (AvgIpc) is 3.57. The maximum atomic E-state index is 13.2. The van der Waals surface area contributed by atoms with Crippen LogP contribution in [0.4, 0.5) is 5.69 Å². The molecule has 0 unspecified atom stereocenters. The van der Waals surface area contributed by atoms with Gasteiger partial charge in [-0.2, -0.15) is 0 Å². The second-order valence-electron chi connectivity index (χ2n) is 9.42. The standard InChI is InChI=1S/C31H26BrN5OS/c32-22-13-15-23(16-14-22)36-19-6-12-27(36)30-29(26-10-3-4-18-33-26)35-31(39)37(30)20-17-28(38)34-25-11-5-8-21-7-1-2-9-24(21)25/h1-16,18-19,29-30H,17,20H2,(H,34,38)(H,35,39)/t29-,30-/m0/s1. The number of amides is 1. The summed E-state index contributed by atoms with van der Waals surface area (Å²) in [6, 6.07) is 31.9. The van der Waals surface area contributed by atoms with Gasteiger partial charge in [0.15, 0.2) is 5.11 Å². The van der Waals surface area contributed by atoms with Crippen LogP contribution in [0.15, 0.2) is 114 Å². The van der Waals surface area contributed by atoms with E-state index >= 15 is 0 Å². The number of thiocarbonyl (C=S) groups is 1. The maximum Gasteiger partial charge on any atom is 0.226 e. The van der Waals surface area contributed by atoms with Gasteiger partial charge in [-0.15, -0.1) is 0 Å². The Morgan fingerprint density at radius 3 is 2.56 bits per heavy atom. The smallest absolute Gasteiger partial charge is 0.226 e. The lowest BCUT2D eigenvalue weighted by Crippen LogP contribution is -2.33. The molecule has 194 valence electrons. The van der Waals surface area contributed by atoms with Crippen LogP contribution < -0.4 is 10.6 Å². The van der Waals surface area contributed by atoms with Gasteiger partial charge in [0.05, 0.1) is 17.8 Å². The van der Waals surface area contributed by atoms with Crippen molar-refractivity contribution in [3.8, 4) is 5.69 Å². The van der Waals surface area contributed by atoms with E-state index in [2.05, 4.69) is 65.4 Å². The summed E-state index contributed by atoms with van der Waals surface area (Å²) in [5.41, 5.74) is 3.82. The van der Waals surface area contributed by atoms with Crippen LogP contribution in [-0.2, 0) is 4.79 Å². The molecular formula is C31H26BrN5OS. The number of anilines is 1. The highest BCUT2D eigenvalue weighted by Gasteiger charge is 2.41. The second-order valence-corrected chi connectivity index (χ2v) is 10.7. The molecule has 0 aliphatic carbocycles. The third-order valence-corrected chi connectivity index (χ3v) is 7.91. The van der Waals surface area contributed by atoms with Crippen molar-refractivity contribution in [2.24, 2.45) is 0 Å². The van der Waals surface area contributed by atoms with Gasteiger partial charge >= 0.3 is 0 Å². The SMILES string of the molecule is O=C(CCN1C(=S)N[C@@H](c2ccccn2)[C@@H]1c1cccn1-c1ccc(Br)cc1)Nc1cccc2ccccc12. The first-order chi connectivity index (χ1) is 19.1. The fourth-order valence-electron chi connectivity index (χ4n) is 5.21. The average molecular weight is 597 g/mol. The highest BCUT2D eigenvalue weighted by molar-refractivity contribution is 9.10. The predicted molar refractivity (Wildman–Crippen MR) is 163 cm³/mol. The van der Waals surface area contributed by atoms with Gasteiger partial charge in [-0.05, 0) is 72.2 Å². The number of carbonyl (C=O) groups excluding carboxylic acids is 1. The van der Waals surface area contributed by atoms with E-state index in [1.54, 1.807) is 6.20 Å². The fourth-order valence-corrected chi connectivity index (χ4v) is 5.81. The Morgan fingerprint density at radius 1 is 0.949 bits per heavy atom. The van der Waals surface area contributed by atoms with Crippen LogP contribution in [0.25, 0.3) is 16.5 Å². The molecule has 8 heteroatoms. The van der Waals surface area contributed by atoms with Crippen molar-refractivity contribution in [3.63, 3.8) is 0 Å². The Morgan fingerprint density at radius 2 is 1.74 bits per heavy atom. The van der Waals surface area contributed by atoms with Crippen molar-refractivity contribution in [2.75, 3.05) is 11.9 Å². The molecule has 1 aliphatic heterocycles. The first-order valence-electron chi connectivity index (χ1n) is 12.8. The first kappa shape index (κ1) is 25.3. The summed E-state index contributed by atoms with van der Waals surface area (Å²) in [6.45, 7) is 0.460. The van der Waals surface area contributed by atoms with E-state index in [-0.39, 0.29) is 24.4 Å². The summed E-state index contributed by atoms with van der Waals surface area (Å²) in [4.78, 5) is 19.9. The minimum atomic E-state index is -0.163. The van der Waals surface area contributed by atoms with Crippen molar-refractivity contribution >= 4 is 55.6 Å². The third kappa shape index (κ3) is 5.17. The molecule has 2 aromatic heterocycles. The Balaban J connectivity index is 1.29. The van der Waals surface area contributed by atoms with Gasteiger partial charge in [0.25, 0.3) is 0 Å². The van der Waals surface area contributed by atoms with Crippen LogP contribution in [0.5, 0.6) is 0 Å². The molecular weight excluding hydrogens is 570 g/mol. The topological polar surface area (TPSA) is 62.2 Å². The summed E-state index contributed by atoms with van der Waals surface area (Å²) >= 11 is 9.36. The maximum absolute atomic E-state index is 13.2. The van der Waals surface area contributed by atoms with Gasteiger partial charge in [0.2, 0.25) is 5.91 Å². The second kappa shape index (κ2) is 11.0. The summed E-state index contributed by atoms with van der Waals surface area (Å²) in [5.74, 6) is -0.0579. The number of hydrogen-bond acceptors (Lipinski definition) is 3.